The number of hydrogen-bond acceptors (Lipinski definition) is 6. The SMILES string of the molecule is CC/C=C\C/C=C\C/C=C\C/C=C\C/C=C\C/C=C\C/C=C\CCCC(=O)OCC(COC(=O)CCCCCCC/C=C\C/C=C\CCC)OC(=O)CCCCCCCCCCCCCCCCCCCCCCCC. The third-order valence-electron chi connectivity index (χ3n) is 13.5. The molecule has 0 aliphatic rings. The van der Waals surface area contributed by atoms with Crippen LogP contribution in [-0.2, 0) is 28.6 Å². The second-order valence-corrected chi connectivity index (χ2v) is 20.9. The summed E-state index contributed by atoms with van der Waals surface area (Å²) in [6.07, 6.45) is 86.7. The molecule has 0 amide bonds. The summed E-state index contributed by atoms with van der Waals surface area (Å²) in [6, 6.07) is 0. The minimum atomic E-state index is -0.809. The van der Waals surface area contributed by atoms with E-state index in [1.54, 1.807) is 0 Å². The third-order valence-corrected chi connectivity index (χ3v) is 13.5. The van der Waals surface area contributed by atoms with Crippen LogP contribution >= 0.6 is 0 Å². The predicted molar refractivity (Wildman–Crippen MR) is 330 cm³/mol. The van der Waals surface area contributed by atoms with Crippen LogP contribution in [0.3, 0.4) is 0 Å². The standard InChI is InChI=1S/C70H118O6/c1-4-7-10-13-16-19-22-25-27-29-31-33-35-37-38-40-42-45-48-51-54-57-60-63-69(72)75-66-67(65-74-68(71)62-59-56-53-50-47-44-24-21-18-15-12-9-6-3)76-70(73)64-61-58-55-52-49-46-43-41-39-36-34-32-30-28-26-23-20-17-14-11-8-5-2/h7,10,12,15-16,19,21,24-25,27,31,33,37-38,42,45,51,54,67H,4-6,8-9,11,13-14,17-18,20,22-23,26,28-30,32,34-36,39-41,43-44,46-50,52-53,55-66H2,1-3H3/b10-7-,15-12-,19-16-,24-21-,27-25-,33-31-,38-37-,45-42-,54-51-. The molecule has 0 aromatic carbocycles. The molecular formula is C70H118O6. The maximum absolute atomic E-state index is 12.9. The van der Waals surface area contributed by atoms with Gasteiger partial charge in [-0.2, -0.15) is 0 Å². The lowest BCUT2D eigenvalue weighted by atomic mass is 10.0. The molecule has 0 radical (unpaired) electrons. The van der Waals surface area contributed by atoms with Crippen molar-refractivity contribution >= 4 is 17.9 Å². The van der Waals surface area contributed by atoms with Crippen LogP contribution in [0.5, 0.6) is 0 Å². The Morgan fingerprint density at radius 2 is 0.553 bits per heavy atom. The molecule has 0 fully saturated rings. The van der Waals surface area contributed by atoms with Gasteiger partial charge in [0.05, 0.1) is 0 Å². The molecule has 6 nitrogen and oxygen atoms in total. The van der Waals surface area contributed by atoms with E-state index in [9.17, 15) is 14.4 Å². The largest absolute Gasteiger partial charge is 0.462 e. The van der Waals surface area contributed by atoms with Gasteiger partial charge < -0.3 is 14.2 Å². The van der Waals surface area contributed by atoms with Crippen LogP contribution in [0.2, 0.25) is 0 Å². The smallest absolute Gasteiger partial charge is 0.306 e. The number of ether oxygens (including phenoxy) is 3. The van der Waals surface area contributed by atoms with Gasteiger partial charge in [0, 0.05) is 19.3 Å². The van der Waals surface area contributed by atoms with Crippen molar-refractivity contribution in [3.63, 3.8) is 0 Å². The highest BCUT2D eigenvalue weighted by Gasteiger charge is 2.19. The number of rotatable bonds is 57. The Morgan fingerprint density at radius 1 is 0.276 bits per heavy atom. The number of hydrogen-bond donors (Lipinski definition) is 0. The first-order valence-electron chi connectivity index (χ1n) is 31.9. The van der Waals surface area contributed by atoms with E-state index in [1.165, 1.54) is 128 Å². The van der Waals surface area contributed by atoms with Gasteiger partial charge in [0.15, 0.2) is 6.10 Å². The number of carbonyl (C=O) groups is 3. The highest BCUT2D eigenvalue weighted by Crippen LogP contribution is 2.17. The van der Waals surface area contributed by atoms with Gasteiger partial charge >= 0.3 is 17.9 Å². The molecule has 0 heterocycles. The fourth-order valence-electron chi connectivity index (χ4n) is 8.77. The van der Waals surface area contributed by atoms with Crippen molar-refractivity contribution in [1.82, 2.24) is 0 Å². The van der Waals surface area contributed by atoms with E-state index in [4.69, 9.17) is 14.2 Å². The van der Waals surface area contributed by atoms with Crippen LogP contribution in [0.1, 0.15) is 297 Å². The van der Waals surface area contributed by atoms with Gasteiger partial charge in [-0.3, -0.25) is 14.4 Å². The van der Waals surface area contributed by atoms with E-state index >= 15 is 0 Å². The molecule has 0 spiro atoms. The average molecular weight is 1060 g/mol. The summed E-state index contributed by atoms with van der Waals surface area (Å²) < 4.78 is 16.9. The number of carbonyl (C=O) groups excluding carboxylic acids is 3. The summed E-state index contributed by atoms with van der Waals surface area (Å²) in [4.78, 5) is 38.3. The van der Waals surface area contributed by atoms with Crippen LogP contribution in [0.25, 0.3) is 0 Å². The highest BCUT2D eigenvalue weighted by molar-refractivity contribution is 5.71. The quantitative estimate of drug-likeness (QED) is 0.0261. The average Bonchev–Trinajstić information content (AvgIpc) is 3.42. The lowest BCUT2D eigenvalue weighted by molar-refractivity contribution is -0.167. The maximum atomic E-state index is 12.9. The fourth-order valence-corrected chi connectivity index (χ4v) is 8.77. The van der Waals surface area contributed by atoms with Crippen molar-refractivity contribution in [2.75, 3.05) is 13.2 Å². The van der Waals surface area contributed by atoms with Crippen molar-refractivity contribution in [3.8, 4) is 0 Å². The Morgan fingerprint density at radius 3 is 0.908 bits per heavy atom. The molecule has 1 atom stereocenters. The zero-order chi connectivity index (χ0) is 55.0. The third kappa shape index (κ3) is 60.9. The van der Waals surface area contributed by atoms with E-state index in [0.717, 1.165) is 122 Å². The van der Waals surface area contributed by atoms with Crippen molar-refractivity contribution in [3.05, 3.63) is 109 Å². The molecule has 0 rings (SSSR count). The molecule has 0 bridgehead atoms. The summed E-state index contributed by atoms with van der Waals surface area (Å²) in [5, 5.41) is 0. The number of unbranched alkanes of at least 4 members (excludes halogenated alkanes) is 28. The highest BCUT2D eigenvalue weighted by atomic mass is 16.6. The van der Waals surface area contributed by atoms with E-state index < -0.39 is 6.10 Å². The van der Waals surface area contributed by atoms with E-state index in [-0.39, 0.29) is 37.5 Å². The van der Waals surface area contributed by atoms with E-state index in [2.05, 4.69) is 130 Å². The minimum absolute atomic E-state index is 0.103. The summed E-state index contributed by atoms with van der Waals surface area (Å²) >= 11 is 0. The summed E-state index contributed by atoms with van der Waals surface area (Å²) in [7, 11) is 0. The Kier molecular flexibility index (Phi) is 60.3. The Bertz CT molecular complexity index is 1540. The molecule has 434 valence electrons. The fraction of sp³-hybridized carbons (Fsp3) is 0.700. The lowest BCUT2D eigenvalue weighted by Gasteiger charge is -2.18. The molecule has 76 heavy (non-hydrogen) atoms. The zero-order valence-corrected chi connectivity index (χ0v) is 49.7. The van der Waals surface area contributed by atoms with Gasteiger partial charge in [-0.15, -0.1) is 0 Å². The zero-order valence-electron chi connectivity index (χ0n) is 49.7. The molecule has 0 aromatic rings. The lowest BCUT2D eigenvalue weighted by Crippen LogP contribution is -2.30. The second-order valence-electron chi connectivity index (χ2n) is 20.9. The van der Waals surface area contributed by atoms with Crippen molar-refractivity contribution < 1.29 is 28.6 Å². The monoisotopic (exact) mass is 1050 g/mol. The van der Waals surface area contributed by atoms with Crippen LogP contribution in [0.4, 0.5) is 0 Å². The van der Waals surface area contributed by atoms with Gasteiger partial charge in [0.2, 0.25) is 0 Å². The first-order chi connectivity index (χ1) is 37.5. The number of esters is 3. The second kappa shape index (κ2) is 63.6. The molecule has 6 heteroatoms. The molecule has 0 N–H and O–H groups in total. The van der Waals surface area contributed by atoms with Gasteiger partial charge in [0.1, 0.15) is 13.2 Å². The molecular weight excluding hydrogens is 937 g/mol. The first kappa shape index (κ1) is 72.1. The van der Waals surface area contributed by atoms with E-state index in [0.29, 0.717) is 19.3 Å². The van der Waals surface area contributed by atoms with Gasteiger partial charge in [-0.25, -0.2) is 0 Å². The predicted octanol–water partition coefficient (Wildman–Crippen LogP) is 21.8. The molecule has 0 saturated carbocycles. The Balaban J connectivity index is 4.43. The van der Waals surface area contributed by atoms with Crippen LogP contribution in [0, 0.1) is 0 Å². The van der Waals surface area contributed by atoms with Crippen molar-refractivity contribution in [2.45, 2.75) is 303 Å². The van der Waals surface area contributed by atoms with Crippen molar-refractivity contribution in [1.29, 1.82) is 0 Å². The maximum Gasteiger partial charge on any atom is 0.306 e. The molecule has 0 aliphatic heterocycles. The van der Waals surface area contributed by atoms with Crippen LogP contribution in [0.15, 0.2) is 109 Å². The summed E-state index contributed by atoms with van der Waals surface area (Å²) in [5.41, 5.74) is 0. The minimum Gasteiger partial charge on any atom is -0.462 e. The molecule has 0 saturated heterocycles. The van der Waals surface area contributed by atoms with Crippen LogP contribution < -0.4 is 0 Å². The Hall–Kier alpha value is -3.93. The van der Waals surface area contributed by atoms with E-state index in [1.807, 2.05) is 0 Å². The first-order valence-corrected chi connectivity index (χ1v) is 31.9. The molecule has 0 aliphatic carbocycles. The summed E-state index contributed by atoms with van der Waals surface area (Å²) in [5.74, 6) is -0.969. The van der Waals surface area contributed by atoms with Gasteiger partial charge in [-0.05, 0) is 96.3 Å². The van der Waals surface area contributed by atoms with Crippen LogP contribution in [-0.4, -0.2) is 37.2 Å². The molecule has 0 aromatic heterocycles. The van der Waals surface area contributed by atoms with Crippen molar-refractivity contribution in [2.24, 2.45) is 0 Å². The normalized spacial score (nSPS) is 12.8. The topological polar surface area (TPSA) is 78.9 Å². The Labute approximate surface area is 470 Å². The molecule has 1 unspecified atom stereocenters. The number of allylic oxidation sites excluding steroid dienone is 18. The van der Waals surface area contributed by atoms with Gasteiger partial charge in [-0.1, -0.05) is 291 Å². The summed E-state index contributed by atoms with van der Waals surface area (Å²) in [6.45, 7) is 6.43. The van der Waals surface area contributed by atoms with Gasteiger partial charge in [0.25, 0.3) is 0 Å².